The van der Waals surface area contributed by atoms with Gasteiger partial charge in [-0.05, 0) is 53.8 Å². The molecule has 0 unspecified atom stereocenters. The fraction of sp³-hybridized carbons (Fsp3) is 0.241. The molecule has 3 aromatic rings. The van der Waals surface area contributed by atoms with Crippen LogP contribution in [0.4, 0.5) is 14.9 Å². The minimum absolute atomic E-state index is 0.0366. The van der Waals surface area contributed by atoms with Crippen molar-refractivity contribution in [1.29, 1.82) is 5.26 Å². The number of aryl methyl sites for hydroxylation is 1. The number of nitrogens with one attached hydrogen (secondary N) is 1. The molecule has 0 aliphatic rings. The third-order valence-electron chi connectivity index (χ3n) is 5.49. The molecule has 2 amide bonds. The monoisotopic (exact) mass is 517 g/mol. The van der Waals surface area contributed by atoms with Gasteiger partial charge in [-0.15, -0.1) is 0 Å². The molecule has 0 aromatic heterocycles. The Morgan fingerprint density at radius 1 is 0.868 bits per heavy atom. The van der Waals surface area contributed by atoms with Gasteiger partial charge in [0.15, 0.2) is 6.61 Å². The van der Waals surface area contributed by atoms with Crippen LogP contribution in [-0.4, -0.2) is 42.6 Å². The van der Waals surface area contributed by atoms with Gasteiger partial charge in [0.05, 0.1) is 6.42 Å². The van der Waals surface area contributed by atoms with Crippen molar-refractivity contribution in [3.8, 4) is 6.07 Å². The summed E-state index contributed by atoms with van der Waals surface area (Å²) in [6.07, 6.45) is 0.753. The largest absolute Gasteiger partial charge is 0.449 e. The first kappa shape index (κ1) is 27.9. The van der Waals surface area contributed by atoms with E-state index >= 15 is 0 Å². The first-order valence-corrected chi connectivity index (χ1v) is 12.0. The quantitative estimate of drug-likeness (QED) is 0.351. The van der Waals surface area contributed by atoms with E-state index in [4.69, 9.17) is 14.7 Å². The number of hydrogen-bond donors (Lipinski definition) is 1. The van der Waals surface area contributed by atoms with Crippen molar-refractivity contribution in [1.82, 2.24) is 4.90 Å². The summed E-state index contributed by atoms with van der Waals surface area (Å²) in [5.74, 6) is -1.30. The maximum Gasteiger partial charge on any atom is 0.410 e. The lowest BCUT2D eigenvalue weighted by molar-refractivity contribution is -0.143. The average Bonchev–Trinajstić information content (AvgIpc) is 2.92. The van der Waals surface area contributed by atoms with Crippen molar-refractivity contribution in [3.63, 3.8) is 0 Å². The predicted octanol–water partition coefficient (Wildman–Crippen LogP) is 4.65. The molecule has 3 rings (SSSR count). The number of halogens is 1. The Kier molecular flexibility index (Phi) is 10.8. The number of nitriles is 1. The van der Waals surface area contributed by atoms with Crippen molar-refractivity contribution in [2.75, 3.05) is 25.0 Å². The van der Waals surface area contributed by atoms with E-state index in [1.54, 1.807) is 42.5 Å². The van der Waals surface area contributed by atoms with E-state index in [1.165, 1.54) is 17.0 Å². The smallest absolute Gasteiger partial charge is 0.410 e. The summed E-state index contributed by atoms with van der Waals surface area (Å²) in [6.45, 7) is -0.480. The van der Waals surface area contributed by atoms with E-state index in [-0.39, 0.29) is 37.8 Å². The molecule has 38 heavy (non-hydrogen) atoms. The van der Waals surface area contributed by atoms with E-state index < -0.39 is 18.7 Å². The second kappa shape index (κ2) is 14.8. The molecule has 196 valence electrons. The van der Waals surface area contributed by atoms with Gasteiger partial charge < -0.3 is 14.8 Å². The van der Waals surface area contributed by atoms with Crippen molar-refractivity contribution >= 4 is 23.7 Å². The molecule has 0 heterocycles. The number of hydrogen-bond acceptors (Lipinski definition) is 6. The first-order chi connectivity index (χ1) is 18.4. The zero-order valence-corrected chi connectivity index (χ0v) is 20.8. The third kappa shape index (κ3) is 9.74. The highest BCUT2D eigenvalue weighted by Gasteiger charge is 2.19. The lowest BCUT2D eigenvalue weighted by Crippen LogP contribution is -2.37. The minimum Gasteiger partial charge on any atom is -0.449 e. The molecule has 8 nitrogen and oxygen atoms in total. The standard InChI is InChI=1S/C29H28FN3O5/c30-25-12-8-23(9-13-25)19-27(34)32-26-14-10-24(11-15-26)21-38-29(36)33(20-28(35)37-18-16-31)17-4-7-22-5-2-1-3-6-22/h1-3,5-6,8-15H,4,7,17-21H2,(H,32,34). The highest BCUT2D eigenvalue weighted by molar-refractivity contribution is 5.92. The van der Waals surface area contributed by atoms with Crippen LogP contribution in [0.3, 0.4) is 0 Å². The van der Waals surface area contributed by atoms with Gasteiger partial charge in [-0.3, -0.25) is 14.5 Å². The van der Waals surface area contributed by atoms with Crippen molar-refractivity contribution in [2.45, 2.75) is 25.9 Å². The Morgan fingerprint density at radius 2 is 1.55 bits per heavy atom. The number of benzene rings is 3. The predicted molar refractivity (Wildman–Crippen MR) is 138 cm³/mol. The van der Waals surface area contributed by atoms with Gasteiger partial charge in [-0.2, -0.15) is 5.26 Å². The fourth-order valence-electron chi connectivity index (χ4n) is 3.58. The Morgan fingerprint density at radius 3 is 2.24 bits per heavy atom. The highest BCUT2D eigenvalue weighted by Crippen LogP contribution is 2.13. The van der Waals surface area contributed by atoms with Crippen LogP contribution >= 0.6 is 0 Å². The molecule has 0 radical (unpaired) electrons. The van der Waals surface area contributed by atoms with Gasteiger partial charge in [-0.25, -0.2) is 9.18 Å². The van der Waals surface area contributed by atoms with Gasteiger partial charge in [0.1, 0.15) is 25.0 Å². The number of amides is 2. The molecule has 3 aromatic carbocycles. The number of nitrogens with zero attached hydrogens (tertiary/aromatic N) is 2. The topological polar surface area (TPSA) is 109 Å². The molecule has 0 saturated carbocycles. The molecule has 0 saturated heterocycles. The summed E-state index contributed by atoms with van der Waals surface area (Å²) < 4.78 is 23.2. The summed E-state index contributed by atoms with van der Waals surface area (Å²) in [5.41, 5.74) is 3.05. The average molecular weight is 518 g/mol. The molecular weight excluding hydrogens is 489 g/mol. The Balaban J connectivity index is 1.50. The molecule has 0 spiro atoms. The SMILES string of the molecule is N#CCOC(=O)CN(CCCc1ccccc1)C(=O)OCc1ccc(NC(=O)Cc2ccc(F)cc2)cc1. The summed E-state index contributed by atoms with van der Waals surface area (Å²) in [4.78, 5) is 38.2. The maximum absolute atomic E-state index is 13.0. The van der Waals surface area contributed by atoms with Gasteiger partial charge in [0.25, 0.3) is 0 Å². The van der Waals surface area contributed by atoms with Crippen LogP contribution in [0.15, 0.2) is 78.9 Å². The molecular formula is C29H28FN3O5. The first-order valence-electron chi connectivity index (χ1n) is 12.0. The second-order valence-corrected chi connectivity index (χ2v) is 8.43. The summed E-state index contributed by atoms with van der Waals surface area (Å²) >= 11 is 0. The van der Waals surface area contributed by atoms with E-state index in [0.717, 1.165) is 5.56 Å². The third-order valence-corrected chi connectivity index (χ3v) is 5.49. The van der Waals surface area contributed by atoms with Crippen molar-refractivity contribution in [3.05, 3.63) is 101 Å². The van der Waals surface area contributed by atoms with E-state index in [2.05, 4.69) is 5.32 Å². The normalized spacial score (nSPS) is 10.2. The van der Waals surface area contributed by atoms with Crippen LogP contribution in [-0.2, 0) is 38.5 Å². The number of esters is 1. The van der Waals surface area contributed by atoms with Gasteiger partial charge in [0.2, 0.25) is 5.91 Å². The Hall–Kier alpha value is -4.71. The molecule has 0 aliphatic carbocycles. The molecule has 0 atom stereocenters. The van der Waals surface area contributed by atoms with Crippen LogP contribution < -0.4 is 5.32 Å². The van der Waals surface area contributed by atoms with Gasteiger partial charge in [0, 0.05) is 12.2 Å². The van der Waals surface area contributed by atoms with Crippen LogP contribution in [0.2, 0.25) is 0 Å². The fourth-order valence-corrected chi connectivity index (χ4v) is 3.58. The summed E-state index contributed by atoms with van der Waals surface area (Å²) in [6, 6.07) is 24.0. The lowest BCUT2D eigenvalue weighted by atomic mass is 10.1. The number of ether oxygens (including phenoxy) is 2. The van der Waals surface area contributed by atoms with E-state index in [1.807, 2.05) is 30.3 Å². The highest BCUT2D eigenvalue weighted by atomic mass is 19.1. The number of anilines is 1. The van der Waals surface area contributed by atoms with Crippen LogP contribution in [0.25, 0.3) is 0 Å². The van der Waals surface area contributed by atoms with Crippen LogP contribution in [0.5, 0.6) is 0 Å². The number of carbonyl (C=O) groups excluding carboxylic acids is 3. The Bertz CT molecular complexity index is 1240. The van der Waals surface area contributed by atoms with Crippen LogP contribution in [0.1, 0.15) is 23.1 Å². The Labute approximate surface area is 220 Å². The minimum atomic E-state index is -0.691. The van der Waals surface area contributed by atoms with Crippen molar-refractivity contribution < 1.29 is 28.2 Å². The van der Waals surface area contributed by atoms with Crippen LogP contribution in [0, 0.1) is 17.1 Å². The van der Waals surface area contributed by atoms with Crippen molar-refractivity contribution in [2.24, 2.45) is 0 Å². The van der Waals surface area contributed by atoms with E-state index in [0.29, 0.717) is 29.7 Å². The molecule has 0 aliphatic heterocycles. The molecule has 9 heteroatoms. The van der Waals surface area contributed by atoms with Gasteiger partial charge >= 0.3 is 12.1 Å². The molecule has 1 N–H and O–H groups in total. The summed E-state index contributed by atoms with van der Waals surface area (Å²) in [5, 5.41) is 11.4. The second-order valence-electron chi connectivity index (χ2n) is 8.43. The maximum atomic E-state index is 13.0. The van der Waals surface area contributed by atoms with Gasteiger partial charge in [-0.1, -0.05) is 54.6 Å². The zero-order chi connectivity index (χ0) is 27.2. The number of rotatable bonds is 12. The molecule has 0 fully saturated rings. The molecule has 0 bridgehead atoms. The lowest BCUT2D eigenvalue weighted by Gasteiger charge is -2.21. The zero-order valence-electron chi connectivity index (χ0n) is 20.8. The summed E-state index contributed by atoms with van der Waals surface area (Å²) in [7, 11) is 0. The number of carbonyl (C=O) groups is 3. The van der Waals surface area contributed by atoms with E-state index in [9.17, 15) is 18.8 Å².